The summed E-state index contributed by atoms with van der Waals surface area (Å²) in [5.74, 6) is 2.89. The van der Waals surface area contributed by atoms with E-state index in [9.17, 15) is 0 Å². The lowest BCUT2D eigenvalue weighted by Crippen LogP contribution is -2.04. The van der Waals surface area contributed by atoms with E-state index in [4.69, 9.17) is 11.3 Å². The molecule has 2 heteroatoms. The maximum absolute atomic E-state index is 7.00. The van der Waals surface area contributed by atoms with Crippen LogP contribution < -0.4 is 4.74 Å². The van der Waals surface area contributed by atoms with Gasteiger partial charge in [0.05, 0.1) is 6.57 Å². The van der Waals surface area contributed by atoms with Crippen LogP contribution >= 0.6 is 0 Å². The van der Waals surface area contributed by atoms with Crippen molar-refractivity contribution in [2.45, 2.75) is 25.9 Å². The maximum Gasteiger partial charge on any atom is 0.187 e. The van der Waals surface area contributed by atoms with Gasteiger partial charge in [0, 0.05) is 11.8 Å². The second-order valence-electron chi connectivity index (χ2n) is 4.76. The van der Waals surface area contributed by atoms with E-state index in [-0.39, 0.29) is 0 Å². The predicted molar refractivity (Wildman–Crippen MR) is 58.2 cm³/mol. The first-order chi connectivity index (χ1) is 7.22. The molecule has 1 aromatic carbocycles. The highest BCUT2D eigenvalue weighted by Gasteiger charge is 2.59. The molecule has 2 aliphatic rings. The molecule has 3 atom stereocenters. The van der Waals surface area contributed by atoms with E-state index in [1.54, 1.807) is 0 Å². The molecule has 1 fully saturated rings. The van der Waals surface area contributed by atoms with Gasteiger partial charge in [-0.2, -0.15) is 0 Å². The van der Waals surface area contributed by atoms with Crippen molar-refractivity contribution in [2.24, 2.45) is 11.8 Å². The predicted octanol–water partition coefficient (Wildman–Crippen LogP) is 3.37. The van der Waals surface area contributed by atoms with Crippen LogP contribution in [-0.4, -0.2) is 6.10 Å². The zero-order chi connectivity index (χ0) is 10.6. The van der Waals surface area contributed by atoms with Crippen LogP contribution in [0.5, 0.6) is 5.75 Å². The Bertz CT molecular complexity index is 458. The summed E-state index contributed by atoms with van der Waals surface area (Å²) in [5, 5.41) is 0. The highest BCUT2D eigenvalue weighted by Crippen LogP contribution is 2.61. The van der Waals surface area contributed by atoms with Crippen molar-refractivity contribution in [3.63, 3.8) is 0 Å². The van der Waals surface area contributed by atoms with E-state index < -0.39 is 0 Å². The van der Waals surface area contributed by atoms with Crippen LogP contribution in [0.15, 0.2) is 18.2 Å². The molecule has 0 bridgehead atoms. The Balaban J connectivity index is 1.98. The number of hydrogen-bond donors (Lipinski definition) is 0. The zero-order valence-corrected chi connectivity index (χ0v) is 8.90. The van der Waals surface area contributed by atoms with Gasteiger partial charge in [-0.15, -0.1) is 0 Å². The lowest BCUT2D eigenvalue weighted by Gasteiger charge is -2.10. The van der Waals surface area contributed by atoms with Crippen LogP contribution in [0.25, 0.3) is 4.85 Å². The van der Waals surface area contributed by atoms with Gasteiger partial charge in [-0.25, -0.2) is 4.85 Å². The summed E-state index contributed by atoms with van der Waals surface area (Å²) in [6.45, 7) is 11.5. The van der Waals surface area contributed by atoms with Crippen LogP contribution in [0.2, 0.25) is 0 Å². The number of hydrogen-bond acceptors (Lipinski definition) is 1. The van der Waals surface area contributed by atoms with E-state index in [0.717, 1.165) is 11.4 Å². The third kappa shape index (κ3) is 1.10. The van der Waals surface area contributed by atoms with E-state index in [1.165, 1.54) is 5.56 Å². The molecule has 2 nitrogen and oxygen atoms in total. The van der Waals surface area contributed by atoms with Crippen molar-refractivity contribution in [1.82, 2.24) is 0 Å². The van der Waals surface area contributed by atoms with Crippen molar-refractivity contribution in [3.05, 3.63) is 35.2 Å². The molecule has 0 aromatic heterocycles. The normalized spacial score (nSPS) is 30.4. The van der Waals surface area contributed by atoms with Crippen molar-refractivity contribution < 1.29 is 4.74 Å². The standard InChI is InChI=1S/C13H13NO/c1-7(2)11-12-9-6-8(14-3)4-5-10(9)15-13(11)12/h4-7,11-13H,1-2H3. The molecule has 1 aliphatic carbocycles. The molecular weight excluding hydrogens is 186 g/mol. The third-order valence-corrected chi connectivity index (χ3v) is 3.52. The average molecular weight is 199 g/mol. The second-order valence-corrected chi connectivity index (χ2v) is 4.76. The fourth-order valence-corrected chi connectivity index (χ4v) is 2.76. The molecule has 0 N–H and O–H groups in total. The number of rotatable bonds is 1. The molecule has 3 unspecified atom stereocenters. The smallest absolute Gasteiger partial charge is 0.187 e. The van der Waals surface area contributed by atoms with Gasteiger partial charge in [0.15, 0.2) is 5.69 Å². The molecule has 0 amide bonds. The second kappa shape index (κ2) is 2.76. The first kappa shape index (κ1) is 8.79. The molecule has 1 heterocycles. The SMILES string of the molecule is [C-]#[N+]c1ccc2c(c1)C1C(O2)C1C(C)C. The van der Waals surface area contributed by atoms with Crippen LogP contribution in [0.1, 0.15) is 25.3 Å². The van der Waals surface area contributed by atoms with Gasteiger partial charge in [0.1, 0.15) is 11.9 Å². The van der Waals surface area contributed by atoms with Crippen molar-refractivity contribution >= 4 is 5.69 Å². The van der Waals surface area contributed by atoms with Crippen molar-refractivity contribution in [1.29, 1.82) is 0 Å². The van der Waals surface area contributed by atoms with Gasteiger partial charge in [-0.05, 0) is 23.6 Å². The Hall–Kier alpha value is -1.49. The van der Waals surface area contributed by atoms with Gasteiger partial charge in [-0.3, -0.25) is 0 Å². The van der Waals surface area contributed by atoms with Crippen LogP contribution in [0.4, 0.5) is 5.69 Å². The van der Waals surface area contributed by atoms with Gasteiger partial charge < -0.3 is 4.74 Å². The van der Waals surface area contributed by atoms with Crippen LogP contribution in [0, 0.1) is 18.4 Å². The Kier molecular flexibility index (Phi) is 1.62. The monoisotopic (exact) mass is 199 g/mol. The van der Waals surface area contributed by atoms with Crippen molar-refractivity contribution in [3.8, 4) is 5.75 Å². The molecule has 15 heavy (non-hydrogen) atoms. The summed E-state index contributed by atoms with van der Waals surface area (Å²) in [6, 6.07) is 5.77. The van der Waals surface area contributed by atoms with E-state index in [0.29, 0.717) is 23.9 Å². The average Bonchev–Trinajstić information content (AvgIpc) is 2.83. The van der Waals surface area contributed by atoms with Gasteiger partial charge in [0.25, 0.3) is 0 Å². The lowest BCUT2D eigenvalue weighted by molar-refractivity contribution is 0.277. The largest absolute Gasteiger partial charge is 0.489 e. The highest BCUT2D eigenvalue weighted by atomic mass is 16.5. The zero-order valence-electron chi connectivity index (χ0n) is 8.90. The van der Waals surface area contributed by atoms with E-state index in [2.05, 4.69) is 18.7 Å². The Morgan fingerprint density at radius 3 is 2.87 bits per heavy atom. The molecule has 3 rings (SSSR count). The first-order valence-corrected chi connectivity index (χ1v) is 5.40. The van der Waals surface area contributed by atoms with Gasteiger partial charge >= 0.3 is 0 Å². The fraction of sp³-hybridized carbons (Fsp3) is 0.462. The summed E-state index contributed by atoms with van der Waals surface area (Å²) in [4.78, 5) is 3.47. The molecule has 1 aliphatic heterocycles. The minimum Gasteiger partial charge on any atom is -0.489 e. The van der Waals surface area contributed by atoms with Gasteiger partial charge in [0.2, 0.25) is 0 Å². The van der Waals surface area contributed by atoms with E-state index in [1.807, 2.05) is 18.2 Å². The molecular formula is C13H13NO. The minimum absolute atomic E-state index is 0.390. The molecule has 0 saturated heterocycles. The Labute approximate surface area is 89.7 Å². The van der Waals surface area contributed by atoms with Crippen LogP contribution in [0.3, 0.4) is 0 Å². The molecule has 76 valence electrons. The lowest BCUT2D eigenvalue weighted by atomic mass is 10.0. The summed E-state index contributed by atoms with van der Waals surface area (Å²) >= 11 is 0. The fourth-order valence-electron chi connectivity index (χ4n) is 2.76. The summed E-state index contributed by atoms with van der Waals surface area (Å²) < 4.78 is 5.85. The molecule has 1 saturated carbocycles. The number of ether oxygens (including phenoxy) is 1. The summed E-state index contributed by atoms with van der Waals surface area (Å²) in [6.07, 6.45) is 0.390. The number of nitrogens with zero attached hydrogens (tertiary/aromatic N) is 1. The summed E-state index contributed by atoms with van der Waals surface area (Å²) in [5.41, 5.74) is 1.99. The Morgan fingerprint density at radius 1 is 1.40 bits per heavy atom. The summed E-state index contributed by atoms with van der Waals surface area (Å²) in [7, 11) is 0. The minimum atomic E-state index is 0.390. The molecule has 0 radical (unpaired) electrons. The highest BCUT2D eigenvalue weighted by molar-refractivity contribution is 5.57. The van der Waals surface area contributed by atoms with Crippen molar-refractivity contribution in [2.75, 3.05) is 0 Å². The Morgan fingerprint density at radius 2 is 2.20 bits per heavy atom. The van der Waals surface area contributed by atoms with Crippen LogP contribution in [-0.2, 0) is 0 Å². The first-order valence-electron chi connectivity index (χ1n) is 5.40. The van der Waals surface area contributed by atoms with Gasteiger partial charge in [-0.1, -0.05) is 19.9 Å². The number of fused-ring (bicyclic) bond motifs is 3. The third-order valence-electron chi connectivity index (χ3n) is 3.52. The quantitative estimate of drug-likeness (QED) is 0.632. The topological polar surface area (TPSA) is 13.6 Å². The molecule has 0 spiro atoms. The maximum atomic E-state index is 7.00. The van der Waals surface area contributed by atoms with E-state index >= 15 is 0 Å². The number of benzene rings is 1. The molecule has 1 aromatic rings.